The molecule has 2 aliphatic rings. The van der Waals surface area contributed by atoms with Crippen LogP contribution in [0.15, 0.2) is 23.1 Å². The van der Waals surface area contributed by atoms with E-state index in [4.69, 9.17) is 5.11 Å². The maximum atomic E-state index is 13.5. The van der Waals surface area contributed by atoms with E-state index in [2.05, 4.69) is 0 Å². The van der Waals surface area contributed by atoms with E-state index in [1.807, 2.05) is 0 Å². The van der Waals surface area contributed by atoms with Crippen molar-refractivity contribution in [2.75, 3.05) is 13.1 Å². The van der Waals surface area contributed by atoms with Gasteiger partial charge in [-0.2, -0.15) is 4.31 Å². The summed E-state index contributed by atoms with van der Waals surface area (Å²) in [5.74, 6) is -1.47. The lowest BCUT2D eigenvalue weighted by molar-refractivity contribution is -0.141. The fraction of sp³-hybridized carbons (Fsp3) is 0.533. The highest BCUT2D eigenvalue weighted by Crippen LogP contribution is 2.31. The molecule has 0 amide bonds. The molecule has 3 rings (SSSR count). The Bertz CT molecular complexity index is 727. The van der Waals surface area contributed by atoms with Gasteiger partial charge in [0.15, 0.2) is 0 Å². The predicted octanol–water partition coefficient (Wildman–Crippen LogP) is 1.56. The van der Waals surface area contributed by atoms with Crippen LogP contribution >= 0.6 is 0 Å². The van der Waals surface area contributed by atoms with E-state index in [1.54, 1.807) is 6.07 Å². The van der Waals surface area contributed by atoms with Gasteiger partial charge in [-0.25, -0.2) is 17.2 Å². The van der Waals surface area contributed by atoms with Crippen molar-refractivity contribution >= 4 is 16.0 Å². The summed E-state index contributed by atoms with van der Waals surface area (Å²) in [6.07, 6.45) is -2.67. The second-order valence-corrected chi connectivity index (χ2v) is 8.06. The standard InChI is InChI=1S/C15H17F2NO4S/c16-12-6-13(17)8-18(7-12)23(21,22)14-2-1-9-3-11(15(19)20)4-10(9)5-14/h1-2,5,11-13H,3-4,6-8H2,(H,19,20)/t11?,12-,13+. The first-order chi connectivity index (χ1) is 10.8. The molecule has 1 heterocycles. The molecular formula is C15H17F2NO4S. The molecule has 126 valence electrons. The topological polar surface area (TPSA) is 74.7 Å². The number of hydrogen-bond donors (Lipinski definition) is 1. The van der Waals surface area contributed by atoms with E-state index < -0.39 is 34.3 Å². The highest BCUT2D eigenvalue weighted by Gasteiger charge is 2.36. The molecule has 5 nitrogen and oxygen atoms in total. The summed E-state index contributed by atoms with van der Waals surface area (Å²) in [5.41, 5.74) is 1.48. The van der Waals surface area contributed by atoms with Crippen LogP contribution in [0.5, 0.6) is 0 Å². The van der Waals surface area contributed by atoms with E-state index in [0.717, 1.165) is 9.87 Å². The minimum atomic E-state index is -3.98. The summed E-state index contributed by atoms with van der Waals surface area (Å²) < 4.78 is 52.9. The third-order valence-electron chi connectivity index (χ3n) is 4.41. The van der Waals surface area contributed by atoms with Crippen LogP contribution in [0.25, 0.3) is 0 Å². The quantitative estimate of drug-likeness (QED) is 0.902. The summed E-state index contributed by atoms with van der Waals surface area (Å²) in [5, 5.41) is 9.07. The molecule has 1 aromatic carbocycles. The third-order valence-corrected chi connectivity index (χ3v) is 6.24. The van der Waals surface area contributed by atoms with Gasteiger partial charge in [-0.05, 0) is 36.1 Å². The van der Waals surface area contributed by atoms with Crippen LogP contribution in [0.3, 0.4) is 0 Å². The molecule has 0 aromatic heterocycles. The van der Waals surface area contributed by atoms with Gasteiger partial charge in [-0.15, -0.1) is 0 Å². The summed E-state index contributed by atoms with van der Waals surface area (Å²) in [6, 6.07) is 4.41. The van der Waals surface area contributed by atoms with Crippen molar-refractivity contribution in [2.45, 2.75) is 36.5 Å². The monoisotopic (exact) mass is 345 g/mol. The van der Waals surface area contributed by atoms with Crippen LogP contribution in [-0.4, -0.2) is 49.2 Å². The lowest BCUT2D eigenvalue weighted by atomic mass is 10.1. The van der Waals surface area contributed by atoms with E-state index in [1.165, 1.54) is 12.1 Å². The molecule has 1 aromatic rings. The van der Waals surface area contributed by atoms with Crippen molar-refractivity contribution in [3.8, 4) is 0 Å². The van der Waals surface area contributed by atoms with Gasteiger partial charge in [0, 0.05) is 19.5 Å². The average Bonchev–Trinajstić information content (AvgIpc) is 2.89. The van der Waals surface area contributed by atoms with Crippen LogP contribution < -0.4 is 0 Å². The number of fused-ring (bicyclic) bond motifs is 1. The maximum absolute atomic E-state index is 13.5. The number of alkyl halides is 2. The van der Waals surface area contributed by atoms with E-state index >= 15 is 0 Å². The largest absolute Gasteiger partial charge is 0.481 e. The molecule has 1 N–H and O–H groups in total. The fourth-order valence-corrected chi connectivity index (χ4v) is 4.76. The Balaban J connectivity index is 1.88. The zero-order valence-electron chi connectivity index (χ0n) is 12.3. The van der Waals surface area contributed by atoms with Crippen molar-refractivity contribution in [3.63, 3.8) is 0 Å². The average molecular weight is 345 g/mol. The number of piperidine rings is 1. The molecular weight excluding hydrogens is 328 g/mol. The molecule has 1 aliphatic heterocycles. The number of nitrogens with zero attached hydrogens (tertiary/aromatic N) is 1. The van der Waals surface area contributed by atoms with Crippen LogP contribution in [0.4, 0.5) is 8.78 Å². The smallest absolute Gasteiger partial charge is 0.307 e. The number of hydrogen-bond acceptors (Lipinski definition) is 3. The molecule has 0 saturated carbocycles. The number of carboxylic acid groups (broad SMARTS) is 1. The summed E-state index contributed by atoms with van der Waals surface area (Å²) in [4.78, 5) is 11.0. The van der Waals surface area contributed by atoms with Gasteiger partial charge in [-0.1, -0.05) is 6.07 Å². The molecule has 3 atom stereocenters. The Hall–Kier alpha value is -1.54. The zero-order valence-corrected chi connectivity index (χ0v) is 13.1. The number of sulfonamides is 1. The lowest BCUT2D eigenvalue weighted by Crippen LogP contribution is -2.45. The number of rotatable bonds is 3. The highest BCUT2D eigenvalue weighted by atomic mass is 32.2. The van der Waals surface area contributed by atoms with Crippen molar-refractivity contribution in [3.05, 3.63) is 29.3 Å². The zero-order chi connectivity index (χ0) is 16.8. The Morgan fingerprint density at radius 3 is 2.35 bits per heavy atom. The predicted molar refractivity (Wildman–Crippen MR) is 78.1 cm³/mol. The molecule has 23 heavy (non-hydrogen) atoms. The normalized spacial score (nSPS) is 28.5. The van der Waals surface area contributed by atoms with Gasteiger partial charge >= 0.3 is 5.97 Å². The molecule has 0 spiro atoms. The summed E-state index contributed by atoms with van der Waals surface area (Å²) in [6.45, 7) is -0.699. The molecule has 1 aliphatic carbocycles. The third kappa shape index (κ3) is 3.10. The van der Waals surface area contributed by atoms with Crippen molar-refractivity contribution in [2.24, 2.45) is 5.92 Å². The number of benzene rings is 1. The number of halogens is 2. The van der Waals surface area contributed by atoms with E-state index in [0.29, 0.717) is 12.0 Å². The molecule has 0 bridgehead atoms. The van der Waals surface area contributed by atoms with Gasteiger partial charge < -0.3 is 5.11 Å². The summed E-state index contributed by atoms with van der Waals surface area (Å²) in [7, 11) is -3.98. The highest BCUT2D eigenvalue weighted by molar-refractivity contribution is 7.89. The van der Waals surface area contributed by atoms with Crippen molar-refractivity contribution < 1.29 is 27.1 Å². The SMILES string of the molecule is O=C(O)C1Cc2ccc(S(=O)(=O)N3C[C@H](F)C[C@H](F)C3)cc2C1. The van der Waals surface area contributed by atoms with Gasteiger partial charge in [0.05, 0.1) is 10.8 Å². The first kappa shape index (κ1) is 16.3. The Morgan fingerprint density at radius 2 is 1.74 bits per heavy atom. The Morgan fingerprint density at radius 1 is 1.13 bits per heavy atom. The van der Waals surface area contributed by atoms with E-state index in [9.17, 15) is 22.0 Å². The van der Waals surface area contributed by atoms with Crippen LogP contribution in [0.2, 0.25) is 0 Å². The van der Waals surface area contributed by atoms with Crippen LogP contribution in [0, 0.1) is 5.92 Å². The minimum absolute atomic E-state index is 0.0383. The first-order valence-corrected chi connectivity index (χ1v) is 8.84. The second-order valence-electron chi connectivity index (χ2n) is 6.13. The molecule has 1 unspecified atom stereocenters. The number of aliphatic carboxylic acids is 1. The number of carboxylic acids is 1. The minimum Gasteiger partial charge on any atom is -0.481 e. The van der Waals surface area contributed by atoms with Crippen molar-refractivity contribution in [1.82, 2.24) is 4.31 Å². The Labute approximate surface area is 133 Å². The second kappa shape index (κ2) is 5.83. The van der Waals surface area contributed by atoms with Gasteiger partial charge in [0.2, 0.25) is 10.0 Å². The van der Waals surface area contributed by atoms with Gasteiger partial charge in [0.25, 0.3) is 0 Å². The summed E-state index contributed by atoms with van der Waals surface area (Å²) >= 11 is 0. The molecule has 1 saturated heterocycles. The van der Waals surface area contributed by atoms with Crippen molar-refractivity contribution in [1.29, 1.82) is 0 Å². The fourth-order valence-electron chi connectivity index (χ4n) is 3.22. The number of carbonyl (C=O) groups is 1. The molecule has 0 radical (unpaired) electrons. The maximum Gasteiger partial charge on any atom is 0.307 e. The van der Waals surface area contributed by atoms with Crippen LogP contribution in [-0.2, 0) is 27.7 Å². The van der Waals surface area contributed by atoms with Gasteiger partial charge in [-0.3, -0.25) is 4.79 Å². The van der Waals surface area contributed by atoms with Gasteiger partial charge in [0.1, 0.15) is 12.3 Å². The van der Waals surface area contributed by atoms with Crippen LogP contribution in [0.1, 0.15) is 17.5 Å². The Kier molecular flexibility index (Phi) is 4.14. The molecule has 1 fully saturated rings. The lowest BCUT2D eigenvalue weighted by Gasteiger charge is -2.30. The molecule has 8 heteroatoms. The van der Waals surface area contributed by atoms with E-state index in [-0.39, 0.29) is 30.8 Å². The first-order valence-electron chi connectivity index (χ1n) is 7.40.